The van der Waals surface area contributed by atoms with Gasteiger partial charge in [-0.15, -0.1) is 0 Å². The van der Waals surface area contributed by atoms with Crippen LogP contribution in [0.15, 0.2) is 18.2 Å². The summed E-state index contributed by atoms with van der Waals surface area (Å²) in [5.74, 6) is -5.00. The van der Waals surface area contributed by atoms with Crippen molar-refractivity contribution in [2.45, 2.75) is 12.1 Å². The van der Waals surface area contributed by atoms with E-state index < -0.39 is 22.7 Å². The molecule has 7 heteroatoms. The maximum Gasteiger partial charge on any atom is 0.458 e. The van der Waals surface area contributed by atoms with Crippen LogP contribution in [0, 0.1) is 0 Å². The van der Waals surface area contributed by atoms with E-state index in [2.05, 4.69) is 0 Å². The highest BCUT2D eigenvalue weighted by Crippen LogP contribution is 2.47. The van der Waals surface area contributed by atoms with Crippen molar-refractivity contribution in [2.75, 3.05) is 0 Å². The Morgan fingerprint density at radius 2 is 1.47 bits per heavy atom. The second kappa shape index (κ2) is 3.79. The van der Waals surface area contributed by atoms with Gasteiger partial charge in [-0.3, -0.25) is 0 Å². The molecule has 0 spiro atoms. The zero-order valence-corrected chi connectivity index (χ0v) is 8.39. The molecule has 0 amide bonds. The second-order valence-corrected chi connectivity index (χ2v) is 3.46. The SMILES string of the molecule is FC(F)(F)C(F)(F)c1cccc(Cl)c1Cl. The van der Waals surface area contributed by atoms with Gasteiger partial charge in [0.25, 0.3) is 0 Å². The summed E-state index contributed by atoms with van der Waals surface area (Å²) in [5.41, 5.74) is -1.34. The average Bonchev–Trinajstić information content (AvgIpc) is 2.07. The minimum absolute atomic E-state index is 0.349. The Balaban J connectivity index is 3.34. The van der Waals surface area contributed by atoms with Crippen molar-refractivity contribution in [3.05, 3.63) is 33.8 Å². The van der Waals surface area contributed by atoms with Crippen LogP contribution in [0.4, 0.5) is 22.0 Å². The van der Waals surface area contributed by atoms with Crippen molar-refractivity contribution >= 4 is 23.2 Å². The minimum atomic E-state index is -5.69. The summed E-state index contributed by atoms with van der Waals surface area (Å²) >= 11 is 10.6. The molecule has 0 saturated heterocycles. The summed E-state index contributed by atoms with van der Waals surface area (Å²) < 4.78 is 61.6. The fourth-order valence-corrected chi connectivity index (χ4v) is 1.32. The van der Waals surface area contributed by atoms with E-state index in [1.807, 2.05) is 0 Å². The zero-order valence-electron chi connectivity index (χ0n) is 6.88. The summed E-state index contributed by atoms with van der Waals surface area (Å²) in [6.07, 6.45) is -5.69. The first kappa shape index (κ1) is 12.5. The van der Waals surface area contributed by atoms with E-state index in [9.17, 15) is 22.0 Å². The molecule has 0 aliphatic rings. The largest absolute Gasteiger partial charge is 0.458 e. The Bertz CT molecular complexity index is 372. The Kier molecular flexibility index (Phi) is 3.16. The smallest absolute Gasteiger partial charge is 0.191 e. The maximum absolute atomic E-state index is 12.8. The first-order valence-electron chi connectivity index (χ1n) is 3.57. The highest BCUT2D eigenvalue weighted by atomic mass is 35.5. The van der Waals surface area contributed by atoms with E-state index in [1.54, 1.807) is 0 Å². The van der Waals surface area contributed by atoms with E-state index in [0.717, 1.165) is 12.1 Å². The van der Waals surface area contributed by atoms with Gasteiger partial charge in [-0.05, 0) is 6.07 Å². The Morgan fingerprint density at radius 3 is 1.93 bits per heavy atom. The summed E-state index contributed by atoms with van der Waals surface area (Å²) in [6, 6.07) is 2.69. The first-order valence-corrected chi connectivity index (χ1v) is 4.32. The van der Waals surface area contributed by atoms with E-state index in [-0.39, 0.29) is 5.02 Å². The minimum Gasteiger partial charge on any atom is -0.191 e. The average molecular weight is 265 g/mol. The van der Waals surface area contributed by atoms with Gasteiger partial charge in [-0.1, -0.05) is 35.3 Å². The molecule has 0 heterocycles. The topological polar surface area (TPSA) is 0 Å². The Labute approximate surface area is 91.6 Å². The fourth-order valence-electron chi connectivity index (χ4n) is 0.899. The van der Waals surface area contributed by atoms with Gasteiger partial charge in [0.1, 0.15) is 0 Å². The van der Waals surface area contributed by atoms with Crippen molar-refractivity contribution in [2.24, 2.45) is 0 Å². The molecule has 1 rings (SSSR count). The quantitative estimate of drug-likeness (QED) is 0.648. The number of hydrogen-bond donors (Lipinski definition) is 0. The lowest BCUT2D eigenvalue weighted by atomic mass is 10.1. The highest BCUT2D eigenvalue weighted by molar-refractivity contribution is 6.42. The van der Waals surface area contributed by atoms with Crippen LogP contribution in [0.5, 0.6) is 0 Å². The van der Waals surface area contributed by atoms with Crippen molar-refractivity contribution in [3.8, 4) is 0 Å². The Hall–Kier alpha value is -0.550. The third-order valence-corrected chi connectivity index (χ3v) is 2.46. The van der Waals surface area contributed by atoms with Gasteiger partial charge >= 0.3 is 12.1 Å². The van der Waals surface area contributed by atoms with Gasteiger partial charge in [-0.2, -0.15) is 22.0 Å². The van der Waals surface area contributed by atoms with E-state index >= 15 is 0 Å². The molecule has 0 bridgehead atoms. The van der Waals surface area contributed by atoms with Crippen molar-refractivity contribution in [1.29, 1.82) is 0 Å². The summed E-state index contributed by atoms with van der Waals surface area (Å²) in [5, 5.41) is -1.14. The third-order valence-electron chi connectivity index (χ3n) is 1.65. The molecule has 1 aromatic carbocycles. The molecular formula is C8H3Cl2F5. The van der Waals surface area contributed by atoms with Crippen molar-refractivity contribution in [3.63, 3.8) is 0 Å². The molecule has 0 radical (unpaired) electrons. The molecule has 0 atom stereocenters. The number of halogens is 7. The van der Waals surface area contributed by atoms with E-state index in [4.69, 9.17) is 23.2 Å². The van der Waals surface area contributed by atoms with E-state index in [1.165, 1.54) is 0 Å². The molecular weight excluding hydrogens is 262 g/mol. The van der Waals surface area contributed by atoms with Gasteiger partial charge in [0.15, 0.2) is 0 Å². The lowest BCUT2D eigenvalue weighted by molar-refractivity contribution is -0.289. The lowest BCUT2D eigenvalue weighted by Crippen LogP contribution is -2.33. The monoisotopic (exact) mass is 264 g/mol. The molecule has 0 aromatic heterocycles. The van der Waals surface area contributed by atoms with Crippen LogP contribution in [0.2, 0.25) is 10.0 Å². The van der Waals surface area contributed by atoms with Crippen LogP contribution < -0.4 is 0 Å². The van der Waals surface area contributed by atoms with Crippen LogP contribution in [0.3, 0.4) is 0 Å². The summed E-state index contributed by atoms with van der Waals surface area (Å²) in [4.78, 5) is 0. The molecule has 1 aromatic rings. The Morgan fingerprint density at radius 1 is 0.933 bits per heavy atom. The second-order valence-electron chi connectivity index (χ2n) is 2.67. The number of benzene rings is 1. The molecule has 0 fully saturated rings. The molecule has 0 aliphatic carbocycles. The maximum atomic E-state index is 12.8. The van der Waals surface area contributed by atoms with Crippen LogP contribution in [0.25, 0.3) is 0 Å². The van der Waals surface area contributed by atoms with Crippen LogP contribution >= 0.6 is 23.2 Å². The molecule has 0 nitrogen and oxygen atoms in total. The standard InChI is InChI=1S/C8H3Cl2F5/c9-5-3-1-2-4(6(5)10)7(11,12)8(13,14)15/h1-3H. The molecule has 0 aliphatic heterocycles. The molecule has 0 saturated carbocycles. The molecule has 15 heavy (non-hydrogen) atoms. The van der Waals surface area contributed by atoms with Crippen molar-refractivity contribution < 1.29 is 22.0 Å². The van der Waals surface area contributed by atoms with Gasteiger partial charge in [0.05, 0.1) is 15.6 Å². The molecule has 84 valence electrons. The van der Waals surface area contributed by atoms with Crippen LogP contribution in [-0.4, -0.2) is 6.18 Å². The highest BCUT2D eigenvalue weighted by Gasteiger charge is 2.59. The lowest BCUT2D eigenvalue weighted by Gasteiger charge is -2.21. The van der Waals surface area contributed by atoms with Gasteiger partial charge in [0, 0.05) is 0 Å². The van der Waals surface area contributed by atoms with Gasteiger partial charge in [0.2, 0.25) is 0 Å². The zero-order chi connectivity index (χ0) is 11.9. The summed E-state index contributed by atoms with van der Waals surface area (Å²) in [6.45, 7) is 0. The van der Waals surface area contributed by atoms with Crippen molar-refractivity contribution in [1.82, 2.24) is 0 Å². The predicted octanol–water partition coefficient (Wildman–Crippen LogP) is 4.65. The van der Waals surface area contributed by atoms with Crippen LogP contribution in [-0.2, 0) is 5.92 Å². The first-order chi connectivity index (χ1) is 6.68. The van der Waals surface area contributed by atoms with Crippen LogP contribution in [0.1, 0.15) is 5.56 Å². The number of alkyl halides is 5. The third kappa shape index (κ3) is 2.18. The number of rotatable bonds is 1. The normalized spacial score (nSPS) is 13.0. The van der Waals surface area contributed by atoms with E-state index in [0.29, 0.717) is 6.07 Å². The summed E-state index contributed by atoms with van der Waals surface area (Å²) in [7, 11) is 0. The van der Waals surface area contributed by atoms with Gasteiger partial charge < -0.3 is 0 Å². The number of hydrogen-bond acceptors (Lipinski definition) is 0. The predicted molar refractivity (Wildman–Crippen MR) is 46.4 cm³/mol. The fraction of sp³-hybridized carbons (Fsp3) is 0.250. The molecule has 0 unspecified atom stereocenters. The van der Waals surface area contributed by atoms with Gasteiger partial charge in [-0.25, -0.2) is 0 Å². The molecule has 0 N–H and O–H groups in total.